The molecule has 1 atom stereocenters. The fraction of sp³-hybridized carbons (Fsp3) is 0.500. The van der Waals surface area contributed by atoms with Crippen molar-refractivity contribution in [1.82, 2.24) is 9.55 Å². The van der Waals surface area contributed by atoms with E-state index in [1.807, 2.05) is 11.5 Å². The van der Waals surface area contributed by atoms with Crippen LogP contribution in [0, 0.1) is 0 Å². The Labute approximate surface area is 76.7 Å². The monoisotopic (exact) mass is 182 g/mol. The van der Waals surface area contributed by atoms with Crippen LogP contribution < -0.4 is 11.5 Å². The fourth-order valence-electron chi connectivity index (χ4n) is 1.13. The molecule has 1 rings (SSSR count). The lowest BCUT2D eigenvalue weighted by molar-refractivity contribution is -0.118. The molecule has 0 bridgehead atoms. The molecule has 1 heterocycles. The van der Waals surface area contributed by atoms with Gasteiger partial charge in [-0.3, -0.25) is 4.79 Å². The van der Waals surface area contributed by atoms with Crippen molar-refractivity contribution in [1.29, 1.82) is 0 Å². The first-order chi connectivity index (χ1) is 6.11. The Kier molecular flexibility index (Phi) is 3.02. The highest BCUT2D eigenvalue weighted by atomic mass is 16.1. The van der Waals surface area contributed by atoms with Crippen LogP contribution in [0.2, 0.25) is 0 Å². The van der Waals surface area contributed by atoms with Crippen molar-refractivity contribution in [3.8, 4) is 0 Å². The van der Waals surface area contributed by atoms with E-state index in [0.717, 1.165) is 5.69 Å². The molecular weight excluding hydrogens is 168 g/mol. The summed E-state index contributed by atoms with van der Waals surface area (Å²) >= 11 is 0. The molecule has 0 aromatic carbocycles. The van der Waals surface area contributed by atoms with Crippen LogP contribution in [-0.2, 0) is 11.3 Å². The molecule has 1 amide bonds. The smallest absolute Gasteiger partial charge is 0.219 e. The lowest BCUT2D eigenvalue weighted by atomic mass is 10.2. The van der Waals surface area contributed by atoms with Crippen LogP contribution in [0.15, 0.2) is 12.5 Å². The minimum atomic E-state index is -0.315. The summed E-state index contributed by atoms with van der Waals surface area (Å²) in [6.07, 6.45) is 3.67. The predicted octanol–water partition coefficient (Wildman–Crippen LogP) is -0.222. The summed E-state index contributed by atoms with van der Waals surface area (Å²) in [5.74, 6) is -0.315. The molecule has 4 N–H and O–H groups in total. The summed E-state index contributed by atoms with van der Waals surface area (Å²) in [7, 11) is 0. The number of nitrogens with zero attached hydrogens (tertiary/aromatic N) is 2. The first kappa shape index (κ1) is 9.73. The molecule has 13 heavy (non-hydrogen) atoms. The van der Waals surface area contributed by atoms with Crippen molar-refractivity contribution in [3.05, 3.63) is 18.2 Å². The molecule has 0 aliphatic carbocycles. The van der Waals surface area contributed by atoms with Crippen LogP contribution in [-0.4, -0.2) is 15.5 Å². The van der Waals surface area contributed by atoms with Crippen molar-refractivity contribution in [2.45, 2.75) is 25.9 Å². The van der Waals surface area contributed by atoms with Gasteiger partial charge in [0, 0.05) is 25.2 Å². The highest BCUT2D eigenvalue weighted by Gasteiger charge is 2.06. The van der Waals surface area contributed by atoms with E-state index in [4.69, 9.17) is 11.5 Å². The van der Waals surface area contributed by atoms with E-state index >= 15 is 0 Å². The van der Waals surface area contributed by atoms with E-state index in [2.05, 4.69) is 4.98 Å². The fourth-order valence-corrected chi connectivity index (χ4v) is 1.13. The van der Waals surface area contributed by atoms with E-state index in [-0.39, 0.29) is 11.9 Å². The average Bonchev–Trinajstić information content (AvgIpc) is 2.47. The van der Waals surface area contributed by atoms with E-state index in [1.54, 1.807) is 12.5 Å². The largest absolute Gasteiger partial charge is 0.370 e. The van der Waals surface area contributed by atoms with Gasteiger partial charge in [-0.2, -0.15) is 0 Å². The van der Waals surface area contributed by atoms with Crippen LogP contribution in [0.3, 0.4) is 0 Å². The Hall–Kier alpha value is -1.36. The molecule has 0 saturated heterocycles. The number of imidazole rings is 1. The standard InChI is InChI=1S/C8H14N4O/c1-6(9)7-4-11-5-12(7)3-2-8(10)13/h4-6H,2-3,9H2,1H3,(H2,10,13)/t6-/m0/s1. The molecule has 0 spiro atoms. The van der Waals surface area contributed by atoms with Crippen LogP contribution in [0.5, 0.6) is 0 Å². The Bertz CT molecular complexity index is 292. The number of nitrogens with two attached hydrogens (primary N) is 2. The van der Waals surface area contributed by atoms with E-state index < -0.39 is 0 Å². The highest BCUT2D eigenvalue weighted by Crippen LogP contribution is 2.08. The van der Waals surface area contributed by atoms with Gasteiger partial charge in [-0.05, 0) is 6.92 Å². The lowest BCUT2D eigenvalue weighted by Gasteiger charge is -2.08. The molecule has 5 nitrogen and oxygen atoms in total. The zero-order valence-corrected chi connectivity index (χ0v) is 7.60. The molecule has 0 fully saturated rings. The average molecular weight is 182 g/mol. The molecule has 0 saturated carbocycles. The molecule has 72 valence electrons. The molecule has 0 aliphatic rings. The normalized spacial score (nSPS) is 12.8. The van der Waals surface area contributed by atoms with Crippen LogP contribution in [0.4, 0.5) is 0 Å². The van der Waals surface area contributed by atoms with Crippen molar-refractivity contribution in [2.24, 2.45) is 11.5 Å². The summed E-state index contributed by atoms with van der Waals surface area (Å²) in [4.78, 5) is 14.5. The number of carbonyl (C=O) groups is 1. The number of amides is 1. The second-order valence-corrected chi connectivity index (χ2v) is 3.02. The van der Waals surface area contributed by atoms with Gasteiger partial charge in [-0.25, -0.2) is 4.98 Å². The molecule has 1 aromatic rings. The van der Waals surface area contributed by atoms with Crippen LogP contribution in [0.25, 0.3) is 0 Å². The third-order valence-electron chi connectivity index (χ3n) is 1.81. The van der Waals surface area contributed by atoms with Gasteiger partial charge in [0.25, 0.3) is 0 Å². The number of primary amides is 1. The number of aryl methyl sites for hydroxylation is 1. The van der Waals surface area contributed by atoms with Crippen LogP contribution >= 0.6 is 0 Å². The summed E-state index contributed by atoms with van der Waals surface area (Å²) < 4.78 is 1.84. The van der Waals surface area contributed by atoms with Gasteiger partial charge in [0.05, 0.1) is 12.0 Å². The second kappa shape index (κ2) is 4.04. The maximum absolute atomic E-state index is 10.5. The number of hydrogen-bond donors (Lipinski definition) is 2. The van der Waals surface area contributed by atoms with Gasteiger partial charge in [0.15, 0.2) is 0 Å². The third kappa shape index (κ3) is 2.55. The maximum atomic E-state index is 10.5. The number of hydrogen-bond acceptors (Lipinski definition) is 3. The van der Waals surface area contributed by atoms with Gasteiger partial charge < -0.3 is 16.0 Å². The molecule has 0 aliphatic heterocycles. The van der Waals surface area contributed by atoms with Crippen LogP contribution in [0.1, 0.15) is 25.1 Å². The minimum Gasteiger partial charge on any atom is -0.370 e. The molecular formula is C8H14N4O. The Morgan fingerprint density at radius 1 is 1.77 bits per heavy atom. The SMILES string of the molecule is C[C@H](N)c1cncn1CCC(N)=O. The minimum absolute atomic E-state index is 0.0737. The highest BCUT2D eigenvalue weighted by molar-refractivity contribution is 5.73. The summed E-state index contributed by atoms with van der Waals surface area (Å²) in [5, 5.41) is 0. The topological polar surface area (TPSA) is 86.9 Å². The van der Waals surface area contributed by atoms with Crippen molar-refractivity contribution in [2.75, 3.05) is 0 Å². The maximum Gasteiger partial charge on any atom is 0.219 e. The summed E-state index contributed by atoms with van der Waals surface area (Å²) in [6, 6.07) is -0.0737. The number of aromatic nitrogens is 2. The predicted molar refractivity (Wildman–Crippen MR) is 48.6 cm³/mol. The van der Waals surface area contributed by atoms with Gasteiger partial charge in [0.1, 0.15) is 0 Å². The molecule has 0 radical (unpaired) electrons. The zero-order chi connectivity index (χ0) is 9.84. The van der Waals surface area contributed by atoms with E-state index in [9.17, 15) is 4.79 Å². The van der Waals surface area contributed by atoms with Crippen molar-refractivity contribution in [3.63, 3.8) is 0 Å². The van der Waals surface area contributed by atoms with Gasteiger partial charge in [-0.15, -0.1) is 0 Å². The van der Waals surface area contributed by atoms with Gasteiger partial charge >= 0.3 is 0 Å². The first-order valence-corrected chi connectivity index (χ1v) is 4.15. The van der Waals surface area contributed by atoms with E-state index in [0.29, 0.717) is 13.0 Å². The molecule has 0 unspecified atom stereocenters. The van der Waals surface area contributed by atoms with E-state index in [1.165, 1.54) is 0 Å². The number of carbonyl (C=O) groups excluding carboxylic acids is 1. The van der Waals surface area contributed by atoms with Crippen molar-refractivity contribution >= 4 is 5.91 Å². The number of rotatable bonds is 4. The quantitative estimate of drug-likeness (QED) is 0.674. The summed E-state index contributed by atoms with van der Waals surface area (Å²) in [5.41, 5.74) is 11.6. The molecule has 1 aromatic heterocycles. The second-order valence-electron chi connectivity index (χ2n) is 3.02. The van der Waals surface area contributed by atoms with Gasteiger partial charge in [0.2, 0.25) is 5.91 Å². The lowest BCUT2D eigenvalue weighted by Crippen LogP contribution is -2.17. The molecule has 5 heteroatoms. The van der Waals surface area contributed by atoms with Gasteiger partial charge in [-0.1, -0.05) is 0 Å². The Morgan fingerprint density at radius 3 is 3.00 bits per heavy atom. The first-order valence-electron chi connectivity index (χ1n) is 4.15. The third-order valence-corrected chi connectivity index (χ3v) is 1.81. The van der Waals surface area contributed by atoms with Crippen molar-refractivity contribution < 1.29 is 4.79 Å². The zero-order valence-electron chi connectivity index (χ0n) is 7.60. The Balaban J connectivity index is 2.65. The summed E-state index contributed by atoms with van der Waals surface area (Å²) in [6.45, 7) is 2.42. The Morgan fingerprint density at radius 2 is 2.46 bits per heavy atom.